The van der Waals surface area contributed by atoms with Gasteiger partial charge in [-0.3, -0.25) is 0 Å². The minimum Gasteiger partial charge on any atom is -0.198 e. The van der Waals surface area contributed by atoms with Crippen molar-refractivity contribution in [3.8, 4) is 0 Å². The van der Waals surface area contributed by atoms with Gasteiger partial charge in [0.15, 0.2) is 18.4 Å². The highest BCUT2D eigenvalue weighted by molar-refractivity contribution is 5.86. The number of benzene rings is 2. The second kappa shape index (κ2) is 3.67. The van der Waals surface area contributed by atoms with Gasteiger partial charge in [0.25, 0.3) is 0 Å². The van der Waals surface area contributed by atoms with Crippen LogP contribution < -0.4 is 4.57 Å². The van der Waals surface area contributed by atoms with E-state index in [4.69, 9.17) is 0 Å². The highest BCUT2D eigenvalue weighted by Gasteiger charge is 2.22. The lowest BCUT2D eigenvalue weighted by Crippen LogP contribution is -2.41. The van der Waals surface area contributed by atoms with Crippen LogP contribution in [0.2, 0.25) is 0 Å². The van der Waals surface area contributed by atoms with Gasteiger partial charge in [0.1, 0.15) is 0 Å². The average Bonchev–Trinajstić information content (AvgIpc) is 2.45. The molecule has 0 N–H and O–H groups in total. The molecule has 0 saturated carbocycles. The Kier molecular flexibility index (Phi) is 2.01. The van der Waals surface area contributed by atoms with Gasteiger partial charge in [0.2, 0.25) is 0 Å². The Balaban J connectivity index is 1.98. The number of pyridine rings is 1. The van der Waals surface area contributed by atoms with Gasteiger partial charge in [-0.15, -0.1) is 0 Å². The molecule has 1 aliphatic heterocycles. The molecule has 3 aromatic rings. The minimum absolute atomic E-state index is 0.993. The Hall–Kier alpha value is -2.15. The van der Waals surface area contributed by atoms with Crippen LogP contribution in [0, 0.1) is 0 Å². The fourth-order valence-corrected chi connectivity index (χ4v) is 2.93. The highest BCUT2D eigenvalue weighted by atomic mass is 15.0. The van der Waals surface area contributed by atoms with E-state index in [1.807, 2.05) is 0 Å². The van der Waals surface area contributed by atoms with Crippen molar-refractivity contribution in [3.05, 3.63) is 77.6 Å². The van der Waals surface area contributed by atoms with Crippen LogP contribution in [0.5, 0.6) is 0 Å². The predicted molar refractivity (Wildman–Crippen MR) is 72.5 cm³/mol. The van der Waals surface area contributed by atoms with Crippen LogP contribution in [-0.2, 0) is 13.0 Å². The monoisotopic (exact) mass is 232 g/mol. The molecule has 2 heterocycles. The van der Waals surface area contributed by atoms with Crippen molar-refractivity contribution < 1.29 is 4.57 Å². The third kappa shape index (κ3) is 1.37. The zero-order valence-electron chi connectivity index (χ0n) is 10.1. The minimum atomic E-state index is 0.993. The number of fused-ring (bicyclic) bond motifs is 4. The smallest absolute Gasteiger partial charge is 0.186 e. The number of rotatable bonds is 0. The largest absolute Gasteiger partial charge is 0.198 e. The van der Waals surface area contributed by atoms with Gasteiger partial charge in [-0.2, -0.15) is 4.57 Å². The molecule has 0 spiro atoms. The Morgan fingerprint density at radius 3 is 2.72 bits per heavy atom. The van der Waals surface area contributed by atoms with Crippen molar-refractivity contribution in [2.75, 3.05) is 0 Å². The number of aromatic nitrogens is 1. The van der Waals surface area contributed by atoms with E-state index >= 15 is 0 Å². The van der Waals surface area contributed by atoms with E-state index in [0.717, 1.165) is 13.0 Å². The van der Waals surface area contributed by atoms with Crippen molar-refractivity contribution >= 4 is 10.8 Å². The van der Waals surface area contributed by atoms with Crippen LogP contribution in [0.3, 0.4) is 0 Å². The molecule has 1 aliphatic rings. The van der Waals surface area contributed by atoms with E-state index in [2.05, 4.69) is 65.4 Å². The van der Waals surface area contributed by atoms with E-state index in [9.17, 15) is 0 Å². The summed E-state index contributed by atoms with van der Waals surface area (Å²) in [5.74, 6) is 0. The number of nitrogens with zero attached hydrogens (tertiary/aromatic N) is 1. The maximum Gasteiger partial charge on any atom is 0.186 e. The molecule has 1 aromatic heterocycles. The molecule has 18 heavy (non-hydrogen) atoms. The molecular formula is C17H14N+. The molecular weight excluding hydrogens is 218 g/mol. The Morgan fingerprint density at radius 2 is 1.72 bits per heavy atom. The lowest BCUT2D eigenvalue weighted by atomic mass is 9.93. The van der Waals surface area contributed by atoms with Crippen LogP contribution in [0.15, 0.2) is 60.8 Å². The third-order valence-corrected chi connectivity index (χ3v) is 3.87. The molecule has 0 unspecified atom stereocenters. The summed E-state index contributed by atoms with van der Waals surface area (Å²) >= 11 is 0. The molecule has 0 bridgehead atoms. The SMILES string of the molecule is c1cc[n+]2c(c1)Cc1ccc3ccccc3c1C2. The fraction of sp³-hybridized carbons (Fsp3) is 0.118. The zero-order valence-corrected chi connectivity index (χ0v) is 10.1. The summed E-state index contributed by atoms with van der Waals surface area (Å²) in [4.78, 5) is 0. The first-order valence-corrected chi connectivity index (χ1v) is 6.39. The summed E-state index contributed by atoms with van der Waals surface area (Å²) in [5, 5.41) is 2.74. The summed E-state index contributed by atoms with van der Waals surface area (Å²) in [5.41, 5.74) is 4.36. The first kappa shape index (κ1) is 9.84. The second-order valence-corrected chi connectivity index (χ2v) is 4.92. The molecule has 86 valence electrons. The summed E-state index contributed by atoms with van der Waals surface area (Å²) in [6, 6.07) is 19.7. The quantitative estimate of drug-likeness (QED) is 0.410. The summed E-state index contributed by atoms with van der Waals surface area (Å²) in [6.07, 6.45) is 3.22. The van der Waals surface area contributed by atoms with E-state index in [-0.39, 0.29) is 0 Å². The van der Waals surface area contributed by atoms with Crippen molar-refractivity contribution in [2.24, 2.45) is 0 Å². The summed E-state index contributed by atoms with van der Waals surface area (Å²) in [6.45, 7) is 0.993. The first-order valence-electron chi connectivity index (χ1n) is 6.39. The molecule has 1 heteroatoms. The van der Waals surface area contributed by atoms with Crippen LogP contribution in [0.25, 0.3) is 10.8 Å². The van der Waals surface area contributed by atoms with Crippen LogP contribution in [-0.4, -0.2) is 0 Å². The van der Waals surface area contributed by atoms with Crippen molar-refractivity contribution in [3.63, 3.8) is 0 Å². The molecule has 0 amide bonds. The topological polar surface area (TPSA) is 3.88 Å². The van der Waals surface area contributed by atoms with Gasteiger partial charge >= 0.3 is 0 Å². The van der Waals surface area contributed by atoms with E-state index in [1.54, 1.807) is 0 Å². The predicted octanol–water partition coefficient (Wildman–Crippen LogP) is 3.08. The van der Waals surface area contributed by atoms with Gasteiger partial charge in [-0.25, -0.2) is 0 Å². The van der Waals surface area contributed by atoms with Crippen molar-refractivity contribution in [2.45, 2.75) is 13.0 Å². The molecule has 1 nitrogen and oxygen atoms in total. The summed E-state index contributed by atoms with van der Waals surface area (Å²) < 4.78 is 2.36. The van der Waals surface area contributed by atoms with Gasteiger partial charge < -0.3 is 0 Å². The molecule has 0 aliphatic carbocycles. The molecule has 0 radical (unpaired) electrons. The maximum absolute atomic E-state index is 2.36. The van der Waals surface area contributed by atoms with E-state index in [0.29, 0.717) is 0 Å². The molecule has 4 rings (SSSR count). The van der Waals surface area contributed by atoms with Gasteiger partial charge in [-0.1, -0.05) is 42.5 Å². The summed E-state index contributed by atoms with van der Waals surface area (Å²) in [7, 11) is 0. The average molecular weight is 232 g/mol. The zero-order chi connectivity index (χ0) is 11.9. The number of hydrogen-bond donors (Lipinski definition) is 0. The fourth-order valence-electron chi connectivity index (χ4n) is 2.93. The lowest BCUT2D eigenvalue weighted by Gasteiger charge is -2.16. The van der Waals surface area contributed by atoms with Crippen molar-refractivity contribution in [1.29, 1.82) is 0 Å². The first-order chi connectivity index (χ1) is 8.92. The van der Waals surface area contributed by atoms with Crippen LogP contribution >= 0.6 is 0 Å². The van der Waals surface area contributed by atoms with Gasteiger partial charge in [0, 0.05) is 17.7 Å². The third-order valence-electron chi connectivity index (χ3n) is 3.87. The molecule has 0 fully saturated rings. The van der Waals surface area contributed by atoms with Crippen LogP contribution in [0.4, 0.5) is 0 Å². The van der Waals surface area contributed by atoms with Gasteiger partial charge in [0.05, 0.1) is 6.42 Å². The van der Waals surface area contributed by atoms with Gasteiger partial charge in [-0.05, 0) is 16.3 Å². The Bertz CT molecular complexity index is 743. The molecule has 0 saturated heterocycles. The van der Waals surface area contributed by atoms with Crippen LogP contribution in [0.1, 0.15) is 16.8 Å². The van der Waals surface area contributed by atoms with E-state index < -0.39 is 0 Å². The Labute approximate surface area is 106 Å². The Morgan fingerprint density at radius 1 is 0.833 bits per heavy atom. The molecule has 0 atom stereocenters. The standard InChI is InChI=1S/C17H14N/c1-2-7-16-13(5-1)8-9-14-11-15-6-3-4-10-18(15)12-17(14)16/h1-10H,11-12H2/q+1. The maximum atomic E-state index is 2.36. The highest BCUT2D eigenvalue weighted by Crippen LogP contribution is 2.26. The van der Waals surface area contributed by atoms with Crippen molar-refractivity contribution in [1.82, 2.24) is 0 Å². The lowest BCUT2D eigenvalue weighted by molar-refractivity contribution is -0.697. The second-order valence-electron chi connectivity index (χ2n) is 4.92. The van der Waals surface area contributed by atoms with E-state index in [1.165, 1.54) is 27.6 Å². The normalized spacial score (nSPS) is 13.1. The molecule has 2 aromatic carbocycles. The number of hydrogen-bond acceptors (Lipinski definition) is 0.